The molecule has 1 rings (SSSR count). The first-order valence-corrected chi connectivity index (χ1v) is 4.92. The first-order chi connectivity index (χ1) is 7.41. The summed E-state index contributed by atoms with van der Waals surface area (Å²) in [5, 5.41) is 0. The fourth-order valence-electron chi connectivity index (χ4n) is 0.966. The van der Waals surface area contributed by atoms with Gasteiger partial charge < -0.3 is 0 Å². The standard InChI is InChI=1S/C9H7BrF2N2O2/c1-4(15)13-14-9(16)8-6(11)2-5(10)3-7(8)12/h2-3H,1H3,(H,13,15)(H,14,16). The zero-order valence-electron chi connectivity index (χ0n) is 8.11. The number of carbonyl (C=O) groups is 2. The monoisotopic (exact) mass is 292 g/mol. The van der Waals surface area contributed by atoms with Crippen molar-refractivity contribution in [3.05, 3.63) is 33.8 Å². The quantitative estimate of drug-likeness (QED) is 0.771. The van der Waals surface area contributed by atoms with Crippen molar-refractivity contribution in [2.24, 2.45) is 0 Å². The summed E-state index contributed by atoms with van der Waals surface area (Å²) in [5.74, 6) is -3.64. The van der Waals surface area contributed by atoms with Crippen LogP contribution >= 0.6 is 15.9 Å². The van der Waals surface area contributed by atoms with Crippen LogP contribution in [0.1, 0.15) is 17.3 Å². The first-order valence-electron chi connectivity index (χ1n) is 4.13. The molecule has 0 spiro atoms. The van der Waals surface area contributed by atoms with Crippen molar-refractivity contribution >= 4 is 27.7 Å². The number of nitrogens with one attached hydrogen (secondary N) is 2. The Morgan fingerprint density at radius 1 is 1.19 bits per heavy atom. The Morgan fingerprint density at radius 2 is 1.69 bits per heavy atom. The second kappa shape index (κ2) is 5.02. The fraction of sp³-hybridized carbons (Fsp3) is 0.111. The number of carbonyl (C=O) groups excluding carboxylic acids is 2. The molecule has 4 nitrogen and oxygen atoms in total. The van der Waals surface area contributed by atoms with Gasteiger partial charge in [0.2, 0.25) is 5.91 Å². The van der Waals surface area contributed by atoms with Crippen molar-refractivity contribution in [2.75, 3.05) is 0 Å². The van der Waals surface area contributed by atoms with E-state index < -0.39 is 29.0 Å². The molecular formula is C9H7BrF2N2O2. The summed E-state index contributed by atoms with van der Waals surface area (Å²) >= 11 is 2.88. The summed E-state index contributed by atoms with van der Waals surface area (Å²) in [4.78, 5) is 21.8. The Balaban J connectivity index is 2.95. The molecule has 86 valence electrons. The van der Waals surface area contributed by atoms with E-state index in [0.29, 0.717) is 0 Å². The molecule has 7 heteroatoms. The molecule has 0 bridgehead atoms. The largest absolute Gasteiger partial charge is 0.275 e. The zero-order valence-corrected chi connectivity index (χ0v) is 9.69. The number of rotatable bonds is 1. The van der Waals surface area contributed by atoms with E-state index in [2.05, 4.69) is 15.9 Å². The summed E-state index contributed by atoms with van der Waals surface area (Å²) in [5.41, 5.74) is 3.04. The van der Waals surface area contributed by atoms with Crippen LogP contribution in [-0.2, 0) is 4.79 Å². The number of halogens is 3. The van der Waals surface area contributed by atoms with E-state index >= 15 is 0 Å². The number of hydrogen-bond acceptors (Lipinski definition) is 2. The third-order valence-electron chi connectivity index (χ3n) is 1.59. The fourth-order valence-corrected chi connectivity index (χ4v) is 1.37. The molecule has 16 heavy (non-hydrogen) atoms. The molecule has 1 aromatic carbocycles. The Morgan fingerprint density at radius 3 is 2.12 bits per heavy atom. The van der Waals surface area contributed by atoms with Gasteiger partial charge in [0.1, 0.15) is 17.2 Å². The van der Waals surface area contributed by atoms with Gasteiger partial charge in [0.15, 0.2) is 0 Å². The summed E-state index contributed by atoms with van der Waals surface area (Å²) in [6.45, 7) is 1.15. The van der Waals surface area contributed by atoms with E-state index in [1.165, 1.54) is 0 Å². The summed E-state index contributed by atoms with van der Waals surface area (Å²) in [6, 6.07) is 1.90. The van der Waals surface area contributed by atoms with Gasteiger partial charge >= 0.3 is 0 Å². The Labute approximate surface area is 98.1 Å². The van der Waals surface area contributed by atoms with Crippen molar-refractivity contribution in [1.82, 2.24) is 10.9 Å². The van der Waals surface area contributed by atoms with Crippen molar-refractivity contribution in [3.63, 3.8) is 0 Å². The molecule has 0 aromatic heterocycles. The highest BCUT2D eigenvalue weighted by Gasteiger charge is 2.18. The second-order valence-corrected chi connectivity index (χ2v) is 3.80. The van der Waals surface area contributed by atoms with Gasteiger partial charge in [-0.25, -0.2) is 8.78 Å². The molecule has 2 amide bonds. The maximum absolute atomic E-state index is 13.2. The molecule has 0 aliphatic carbocycles. The maximum Gasteiger partial charge on any atom is 0.275 e. The van der Waals surface area contributed by atoms with Crippen LogP contribution in [0.15, 0.2) is 16.6 Å². The Bertz CT molecular complexity index is 428. The third-order valence-corrected chi connectivity index (χ3v) is 2.04. The average Bonchev–Trinajstić information content (AvgIpc) is 2.12. The number of amides is 2. The van der Waals surface area contributed by atoms with Crippen LogP contribution in [0, 0.1) is 11.6 Å². The minimum Gasteiger partial charge on any atom is -0.274 e. The first kappa shape index (κ1) is 12.6. The van der Waals surface area contributed by atoms with Crippen LogP contribution < -0.4 is 10.9 Å². The van der Waals surface area contributed by atoms with Crippen LogP contribution in [0.25, 0.3) is 0 Å². The smallest absolute Gasteiger partial charge is 0.274 e. The third kappa shape index (κ3) is 2.99. The molecule has 0 saturated heterocycles. The van der Waals surface area contributed by atoms with E-state index in [0.717, 1.165) is 19.1 Å². The highest BCUT2D eigenvalue weighted by atomic mass is 79.9. The normalized spacial score (nSPS) is 9.75. The highest BCUT2D eigenvalue weighted by Crippen LogP contribution is 2.19. The lowest BCUT2D eigenvalue weighted by Crippen LogP contribution is -2.41. The lowest BCUT2D eigenvalue weighted by atomic mass is 10.2. The van der Waals surface area contributed by atoms with E-state index in [1.54, 1.807) is 0 Å². The lowest BCUT2D eigenvalue weighted by Gasteiger charge is -2.07. The van der Waals surface area contributed by atoms with Crippen molar-refractivity contribution in [3.8, 4) is 0 Å². The van der Waals surface area contributed by atoms with Gasteiger partial charge in [0, 0.05) is 11.4 Å². The molecule has 2 N–H and O–H groups in total. The summed E-state index contributed by atoms with van der Waals surface area (Å²) in [7, 11) is 0. The van der Waals surface area contributed by atoms with Gasteiger partial charge in [-0.1, -0.05) is 15.9 Å². The highest BCUT2D eigenvalue weighted by molar-refractivity contribution is 9.10. The predicted octanol–water partition coefficient (Wildman–Crippen LogP) is 1.51. The molecule has 0 saturated carbocycles. The molecule has 0 atom stereocenters. The van der Waals surface area contributed by atoms with Gasteiger partial charge in [0.25, 0.3) is 5.91 Å². The average molecular weight is 293 g/mol. The lowest BCUT2D eigenvalue weighted by molar-refractivity contribution is -0.119. The SMILES string of the molecule is CC(=O)NNC(=O)c1c(F)cc(Br)cc1F. The van der Waals surface area contributed by atoms with Gasteiger partial charge in [-0.05, 0) is 12.1 Å². The van der Waals surface area contributed by atoms with Gasteiger partial charge in [-0.2, -0.15) is 0 Å². The second-order valence-electron chi connectivity index (χ2n) is 2.88. The van der Waals surface area contributed by atoms with Crippen LogP contribution in [0.4, 0.5) is 8.78 Å². The molecule has 0 fully saturated rings. The molecule has 1 aromatic rings. The minimum atomic E-state index is -1.06. The Kier molecular flexibility index (Phi) is 3.94. The van der Waals surface area contributed by atoms with Gasteiger partial charge in [0.05, 0.1) is 0 Å². The summed E-state index contributed by atoms with van der Waals surface area (Å²) < 4.78 is 26.7. The number of hydrogen-bond donors (Lipinski definition) is 2. The molecular weight excluding hydrogens is 286 g/mol. The van der Waals surface area contributed by atoms with E-state index in [1.807, 2.05) is 10.9 Å². The minimum absolute atomic E-state index is 0.179. The van der Waals surface area contributed by atoms with E-state index in [-0.39, 0.29) is 4.47 Å². The predicted molar refractivity (Wildman–Crippen MR) is 55.3 cm³/mol. The molecule has 0 radical (unpaired) electrons. The van der Waals surface area contributed by atoms with Crippen LogP contribution in [0.3, 0.4) is 0 Å². The summed E-state index contributed by atoms with van der Waals surface area (Å²) in [6.07, 6.45) is 0. The topological polar surface area (TPSA) is 58.2 Å². The van der Waals surface area contributed by atoms with E-state index in [9.17, 15) is 18.4 Å². The molecule has 0 heterocycles. The molecule has 0 aliphatic rings. The number of benzene rings is 1. The number of hydrazine groups is 1. The van der Waals surface area contributed by atoms with Gasteiger partial charge in [-0.15, -0.1) is 0 Å². The zero-order chi connectivity index (χ0) is 12.3. The van der Waals surface area contributed by atoms with Crippen molar-refractivity contribution < 1.29 is 18.4 Å². The maximum atomic E-state index is 13.2. The Hall–Kier alpha value is -1.50. The van der Waals surface area contributed by atoms with E-state index in [4.69, 9.17) is 0 Å². The van der Waals surface area contributed by atoms with Crippen LogP contribution in [0.5, 0.6) is 0 Å². The van der Waals surface area contributed by atoms with Crippen LogP contribution in [-0.4, -0.2) is 11.8 Å². The van der Waals surface area contributed by atoms with Crippen molar-refractivity contribution in [2.45, 2.75) is 6.92 Å². The van der Waals surface area contributed by atoms with Gasteiger partial charge in [-0.3, -0.25) is 20.4 Å². The molecule has 0 unspecified atom stereocenters. The van der Waals surface area contributed by atoms with Crippen molar-refractivity contribution in [1.29, 1.82) is 0 Å². The molecule has 0 aliphatic heterocycles. The van der Waals surface area contributed by atoms with Crippen LogP contribution in [0.2, 0.25) is 0 Å².